The van der Waals surface area contributed by atoms with E-state index in [1.807, 2.05) is 36.4 Å². The number of morpholine rings is 1. The minimum absolute atomic E-state index is 0.0988. The van der Waals surface area contributed by atoms with E-state index in [0.29, 0.717) is 25.4 Å². The lowest BCUT2D eigenvalue weighted by molar-refractivity contribution is -0.0221. The Morgan fingerprint density at radius 3 is 2.64 bits per heavy atom. The van der Waals surface area contributed by atoms with Gasteiger partial charge in [-0.1, -0.05) is 42.5 Å². The first-order chi connectivity index (χ1) is 10.7. The Balaban J connectivity index is 1.68. The van der Waals surface area contributed by atoms with Crippen molar-refractivity contribution in [3.05, 3.63) is 65.7 Å². The monoisotopic (exact) mass is 297 g/mol. The highest BCUT2D eigenvalue weighted by Crippen LogP contribution is 2.25. The Morgan fingerprint density at radius 2 is 1.86 bits per heavy atom. The molecule has 114 valence electrons. The second-order valence-corrected chi connectivity index (χ2v) is 5.34. The molecule has 1 amide bonds. The highest BCUT2D eigenvalue weighted by Gasteiger charge is 2.27. The van der Waals surface area contributed by atoms with Crippen LogP contribution in [0.5, 0.6) is 5.75 Å². The average Bonchev–Trinajstić information content (AvgIpc) is 2.56. The van der Waals surface area contributed by atoms with Crippen LogP contribution in [0.4, 0.5) is 4.79 Å². The van der Waals surface area contributed by atoms with E-state index in [1.54, 1.807) is 17.0 Å². The molecular formula is C18H19NO3. The van der Waals surface area contributed by atoms with Gasteiger partial charge in [0.05, 0.1) is 13.2 Å². The summed E-state index contributed by atoms with van der Waals surface area (Å²) in [6.07, 6.45) is -0.425. The van der Waals surface area contributed by atoms with Crippen LogP contribution >= 0.6 is 0 Å². The minimum atomic E-state index is -0.326. The summed E-state index contributed by atoms with van der Waals surface area (Å²) in [6.45, 7) is 3.63. The smallest absolute Gasteiger partial charge is 0.410 e. The van der Waals surface area contributed by atoms with Crippen molar-refractivity contribution in [1.82, 2.24) is 4.90 Å². The standard InChI is InChI=1S/C18H19NO3/c1-14-7-5-6-10-16(14)17-13-19(11-12-21-17)18(20)22-15-8-3-2-4-9-15/h2-10,17H,11-13H2,1H3. The molecule has 4 heteroatoms. The number of benzene rings is 2. The van der Waals surface area contributed by atoms with Gasteiger partial charge in [0.15, 0.2) is 0 Å². The highest BCUT2D eigenvalue weighted by molar-refractivity contribution is 5.70. The molecule has 1 aliphatic heterocycles. The van der Waals surface area contributed by atoms with Crippen molar-refractivity contribution in [2.45, 2.75) is 13.0 Å². The van der Waals surface area contributed by atoms with Gasteiger partial charge < -0.3 is 14.4 Å². The molecule has 1 atom stereocenters. The summed E-state index contributed by atoms with van der Waals surface area (Å²) in [7, 11) is 0. The first-order valence-corrected chi connectivity index (χ1v) is 7.43. The topological polar surface area (TPSA) is 38.8 Å². The largest absolute Gasteiger partial charge is 0.415 e. The zero-order chi connectivity index (χ0) is 15.4. The van der Waals surface area contributed by atoms with Gasteiger partial charge in [0.1, 0.15) is 11.9 Å². The molecule has 0 N–H and O–H groups in total. The summed E-state index contributed by atoms with van der Waals surface area (Å²) in [4.78, 5) is 14.0. The number of amides is 1. The number of rotatable bonds is 2. The van der Waals surface area contributed by atoms with Crippen LogP contribution in [0.25, 0.3) is 0 Å². The van der Waals surface area contributed by atoms with Crippen molar-refractivity contribution in [3.63, 3.8) is 0 Å². The summed E-state index contributed by atoms with van der Waals surface area (Å²) >= 11 is 0. The van der Waals surface area contributed by atoms with Gasteiger partial charge >= 0.3 is 6.09 Å². The number of para-hydroxylation sites is 1. The first-order valence-electron chi connectivity index (χ1n) is 7.43. The first kappa shape index (κ1) is 14.6. The number of carbonyl (C=O) groups excluding carboxylic acids is 1. The molecule has 0 aliphatic carbocycles. The van der Waals surface area contributed by atoms with Crippen LogP contribution in [0, 0.1) is 6.92 Å². The summed E-state index contributed by atoms with van der Waals surface area (Å²) in [5, 5.41) is 0. The Kier molecular flexibility index (Phi) is 4.39. The van der Waals surface area contributed by atoms with Gasteiger partial charge in [-0.3, -0.25) is 0 Å². The van der Waals surface area contributed by atoms with Crippen molar-refractivity contribution in [1.29, 1.82) is 0 Å². The van der Waals surface area contributed by atoms with Crippen LogP contribution in [-0.2, 0) is 4.74 Å². The third kappa shape index (κ3) is 3.28. The molecule has 1 aliphatic rings. The van der Waals surface area contributed by atoms with E-state index in [4.69, 9.17) is 9.47 Å². The molecule has 1 saturated heterocycles. The van der Waals surface area contributed by atoms with Gasteiger partial charge in [-0.15, -0.1) is 0 Å². The zero-order valence-corrected chi connectivity index (χ0v) is 12.6. The number of hydrogen-bond donors (Lipinski definition) is 0. The molecule has 22 heavy (non-hydrogen) atoms. The highest BCUT2D eigenvalue weighted by atomic mass is 16.6. The zero-order valence-electron chi connectivity index (χ0n) is 12.6. The van der Waals surface area contributed by atoms with Crippen LogP contribution in [-0.4, -0.2) is 30.7 Å². The van der Waals surface area contributed by atoms with Crippen molar-refractivity contribution >= 4 is 6.09 Å². The van der Waals surface area contributed by atoms with Crippen molar-refractivity contribution in [3.8, 4) is 5.75 Å². The molecule has 0 saturated carbocycles. The van der Waals surface area contributed by atoms with Gasteiger partial charge in [-0.05, 0) is 30.2 Å². The molecule has 1 heterocycles. The molecule has 1 unspecified atom stereocenters. The van der Waals surface area contributed by atoms with Crippen molar-refractivity contribution in [2.24, 2.45) is 0 Å². The fraction of sp³-hybridized carbons (Fsp3) is 0.278. The van der Waals surface area contributed by atoms with Gasteiger partial charge in [-0.2, -0.15) is 0 Å². The third-order valence-electron chi connectivity index (χ3n) is 3.81. The lowest BCUT2D eigenvalue weighted by Crippen LogP contribution is -2.43. The van der Waals surface area contributed by atoms with Crippen LogP contribution in [0.1, 0.15) is 17.2 Å². The number of aryl methyl sites for hydroxylation is 1. The normalized spacial score (nSPS) is 18.0. The molecular weight excluding hydrogens is 278 g/mol. The van der Waals surface area contributed by atoms with Crippen LogP contribution in [0.15, 0.2) is 54.6 Å². The van der Waals surface area contributed by atoms with Gasteiger partial charge in [0.25, 0.3) is 0 Å². The predicted molar refractivity (Wildman–Crippen MR) is 83.9 cm³/mol. The Morgan fingerprint density at radius 1 is 1.14 bits per heavy atom. The Labute approximate surface area is 130 Å². The van der Waals surface area contributed by atoms with E-state index in [0.717, 1.165) is 5.56 Å². The molecule has 3 rings (SSSR count). The van der Waals surface area contributed by atoms with Crippen molar-refractivity contribution < 1.29 is 14.3 Å². The molecule has 4 nitrogen and oxygen atoms in total. The molecule has 2 aromatic rings. The summed E-state index contributed by atoms with van der Waals surface area (Å²) in [5.41, 5.74) is 2.30. The molecule has 0 aromatic heterocycles. The van der Waals surface area contributed by atoms with E-state index in [2.05, 4.69) is 13.0 Å². The maximum absolute atomic E-state index is 12.3. The SMILES string of the molecule is Cc1ccccc1C1CN(C(=O)Oc2ccccc2)CCO1. The lowest BCUT2D eigenvalue weighted by atomic mass is 10.0. The maximum atomic E-state index is 12.3. The molecule has 0 bridgehead atoms. The molecule has 0 spiro atoms. The van der Waals surface area contributed by atoms with E-state index < -0.39 is 0 Å². The van der Waals surface area contributed by atoms with E-state index in [9.17, 15) is 4.79 Å². The van der Waals surface area contributed by atoms with E-state index >= 15 is 0 Å². The fourth-order valence-corrected chi connectivity index (χ4v) is 2.61. The van der Waals surface area contributed by atoms with Crippen LogP contribution in [0.2, 0.25) is 0 Å². The van der Waals surface area contributed by atoms with Gasteiger partial charge in [0, 0.05) is 6.54 Å². The minimum Gasteiger partial charge on any atom is -0.410 e. The quantitative estimate of drug-likeness (QED) is 0.850. The molecule has 0 radical (unpaired) electrons. The Bertz CT molecular complexity index is 642. The van der Waals surface area contributed by atoms with E-state index in [-0.39, 0.29) is 12.2 Å². The second kappa shape index (κ2) is 6.62. The van der Waals surface area contributed by atoms with E-state index in [1.165, 1.54) is 5.56 Å². The Hall–Kier alpha value is -2.33. The second-order valence-electron chi connectivity index (χ2n) is 5.34. The maximum Gasteiger partial charge on any atom is 0.415 e. The fourth-order valence-electron chi connectivity index (χ4n) is 2.61. The lowest BCUT2D eigenvalue weighted by Gasteiger charge is -2.33. The van der Waals surface area contributed by atoms with Crippen LogP contribution < -0.4 is 4.74 Å². The molecule has 1 fully saturated rings. The average molecular weight is 297 g/mol. The number of nitrogens with zero attached hydrogens (tertiary/aromatic N) is 1. The van der Waals surface area contributed by atoms with Gasteiger partial charge in [0.2, 0.25) is 0 Å². The number of carbonyl (C=O) groups is 1. The summed E-state index contributed by atoms with van der Waals surface area (Å²) in [6, 6.07) is 17.2. The summed E-state index contributed by atoms with van der Waals surface area (Å²) < 4.78 is 11.2. The number of hydrogen-bond acceptors (Lipinski definition) is 3. The predicted octanol–water partition coefficient (Wildman–Crippen LogP) is 3.57. The van der Waals surface area contributed by atoms with Crippen molar-refractivity contribution in [2.75, 3.05) is 19.7 Å². The third-order valence-corrected chi connectivity index (χ3v) is 3.81. The van der Waals surface area contributed by atoms with Gasteiger partial charge in [-0.25, -0.2) is 4.79 Å². The van der Waals surface area contributed by atoms with Crippen LogP contribution in [0.3, 0.4) is 0 Å². The molecule has 2 aromatic carbocycles. The number of ether oxygens (including phenoxy) is 2. The summed E-state index contributed by atoms with van der Waals surface area (Å²) in [5.74, 6) is 0.562.